The Kier molecular flexibility index (Phi) is 4.03. The minimum Gasteiger partial charge on any atom is -0.359 e. The van der Waals surface area contributed by atoms with Gasteiger partial charge in [-0.05, 0) is 12.5 Å². The summed E-state index contributed by atoms with van der Waals surface area (Å²) in [5.74, 6) is 1.52. The number of aromatic nitrogens is 1. The molecule has 1 aromatic heterocycles. The van der Waals surface area contributed by atoms with Crippen LogP contribution in [0.15, 0.2) is 18.3 Å². The normalized spacial score (nSPS) is 10.1. The molecule has 1 rings (SSSR count). The van der Waals surface area contributed by atoms with Gasteiger partial charge in [0.05, 0.1) is 5.88 Å². The van der Waals surface area contributed by atoms with Crippen molar-refractivity contribution < 1.29 is 0 Å². The number of nitrogens with zero attached hydrogens (tertiary/aromatic N) is 2. The molecular weight excluding hydrogens is 184 g/mol. The topological polar surface area (TPSA) is 16.1 Å². The van der Waals surface area contributed by atoms with Gasteiger partial charge in [0.1, 0.15) is 5.82 Å². The molecule has 0 bridgehead atoms. The second-order valence-corrected chi connectivity index (χ2v) is 3.31. The molecule has 3 heteroatoms. The first-order valence-corrected chi connectivity index (χ1v) is 5.04. The molecule has 0 unspecified atom stereocenters. The van der Waals surface area contributed by atoms with E-state index in [4.69, 9.17) is 11.6 Å². The second-order valence-electron chi connectivity index (χ2n) is 3.04. The second kappa shape index (κ2) is 5.07. The van der Waals surface area contributed by atoms with Gasteiger partial charge in [0.2, 0.25) is 0 Å². The number of halogens is 1. The summed E-state index contributed by atoms with van der Waals surface area (Å²) in [6, 6.07) is 3.93. The highest BCUT2D eigenvalue weighted by atomic mass is 35.5. The van der Waals surface area contributed by atoms with E-state index in [0.717, 1.165) is 24.3 Å². The molecular formula is C10H15ClN2. The van der Waals surface area contributed by atoms with Crippen molar-refractivity contribution >= 4 is 17.4 Å². The van der Waals surface area contributed by atoms with Gasteiger partial charge in [-0.15, -0.1) is 11.6 Å². The molecule has 0 saturated heterocycles. The predicted molar refractivity (Wildman–Crippen MR) is 57.4 cm³/mol. The van der Waals surface area contributed by atoms with Crippen molar-refractivity contribution in [3.8, 4) is 0 Å². The monoisotopic (exact) mass is 198 g/mol. The molecule has 1 aromatic rings. The standard InChI is InChI=1S/C10H15ClN2/c1-3-7-13(2)10-9(8-11)5-4-6-12-10/h4-6H,3,7-8H2,1-2H3. The van der Waals surface area contributed by atoms with Crippen LogP contribution in [-0.4, -0.2) is 18.6 Å². The van der Waals surface area contributed by atoms with Gasteiger partial charge < -0.3 is 4.90 Å². The Labute approximate surface area is 84.5 Å². The van der Waals surface area contributed by atoms with Gasteiger partial charge in [-0.25, -0.2) is 4.98 Å². The summed E-state index contributed by atoms with van der Waals surface area (Å²) in [5, 5.41) is 0. The summed E-state index contributed by atoms with van der Waals surface area (Å²) < 4.78 is 0. The van der Waals surface area contributed by atoms with Crippen molar-refractivity contribution in [1.82, 2.24) is 4.98 Å². The van der Waals surface area contributed by atoms with E-state index in [0.29, 0.717) is 5.88 Å². The number of hydrogen-bond donors (Lipinski definition) is 0. The lowest BCUT2D eigenvalue weighted by atomic mass is 10.2. The van der Waals surface area contributed by atoms with Crippen molar-refractivity contribution in [1.29, 1.82) is 0 Å². The van der Waals surface area contributed by atoms with Crippen LogP contribution in [0, 0.1) is 0 Å². The van der Waals surface area contributed by atoms with Crippen molar-refractivity contribution in [2.75, 3.05) is 18.5 Å². The van der Waals surface area contributed by atoms with E-state index in [1.54, 1.807) is 6.20 Å². The maximum absolute atomic E-state index is 5.81. The number of rotatable bonds is 4. The summed E-state index contributed by atoms with van der Waals surface area (Å²) in [5.41, 5.74) is 1.10. The molecule has 0 radical (unpaired) electrons. The SMILES string of the molecule is CCCN(C)c1ncccc1CCl. The lowest BCUT2D eigenvalue weighted by molar-refractivity contribution is 0.833. The van der Waals surface area contributed by atoms with Gasteiger partial charge in [0, 0.05) is 25.4 Å². The molecule has 0 aliphatic heterocycles. The molecule has 0 aliphatic rings. The van der Waals surface area contributed by atoms with E-state index in [2.05, 4.69) is 16.8 Å². The predicted octanol–water partition coefficient (Wildman–Crippen LogP) is 2.67. The smallest absolute Gasteiger partial charge is 0.132 e. The van der Waals surface area contributed by atoms with Gasteiger partial charge in [-0.1, -0.05) is 13.0 Å². The van der Waals surface area contributed by atoms with Gasteiger partial charge in [0.25, 0.3) is 0 Å². The Balaban J connectivity index is 2.85. The van der Waals surface area contributed by atoms with Crippen LogP contribution in [0.2, 0.25) is 0 Å². The first-order valence-electron chi connectivity index (χ1n) is 4.50. The molecule has 0 atom stereocenters. The van der Waals surface area contributed by atoms with Crippen LogP contribution >= 0.6 is 11.6 Å². The average molecular weight is 199 g/mol. The maximum atomic E-state index is 5.81. The molecule has 0 saturated carbocycles. The molecule has 0 N–H and O–H groups in total. The van der Waals surface area contributed by atoms with E-state index >= 15 is 0 Å². The third kappa shape index (κ3) is 2.59. The maximum Gasteiger partial charge on any atom is 0.132 e. The Morgan fingerprint density at radius 3 is 2.92 bits per heavy atom. The largest absolute Gasteiger partial charge is 0.359 e. The van der Waals surface area contributed by atoms with Crippen LogP contribution in [0.3, 0.4) is 0 Å². The fourth-order valence-electron chi connectivity index (χ4n) is 1.32. The van der Waals surface area contributed by atoms with Crippen LogP contribution in [0.5, 0.6) is 0 Å². The molecule has 2 nitrogen and oxygen atoms in total. The van der Waals surface area contributed by atoms with Crippen molar-refractivity contribution in [2.45, 2.75) is 19.2 Å². The minimum atomic E-state index is 0.525. The molecule has 0 aromatic carbocycles. The number of pyridine rings is 1. The van der Waals surface area contributed by atoms with E-state index in [1.165, 1.54) is 0 Å². The lowest BCUT2D eigenvalue weighted by Crippen LogP contribution is -2.20. The van der Waals surface area contributed by atoms with E-state index in [9.17, 15) is 0 Å². The fourth-order valence-corrected chi connectivity index (χ4v) is 1.53. The lowest BCUT2D eigenvalue weighted by Gasteiger charge is -2.19. The van der Waals surface area contributed by atoms with Crippen molar-refractivity contribution in [3.63, 3.8) is 0 Å². The van der Waals surface area contributed by atoms with Crippen LogP contribution in [0.25, 0.3) is 0 Å². The number of anilines is 1. The summed E-state index contributed by atoms with van der Waals surface area (Å²) in [7, 11) is 2.04. The highest BCUT2D eigenvalue weighted by molar-refractivity contribution is 6.17. The first kappa shape index (κ1) is 10.3. The quantitative estimate of drug-likeness (QED) is 0.692. The zero-order chi connectivity index (χ0) is 9.68. The first-order chi connectivity index (χ1) is 6.29. The van der Waals surface area contributed by atoms with Crippen LogP contribution in [0.4, 0.5) is 5.82 Å². The molecule has 0 aliphatic carbocycles. The summed E-state index contributed by atoms with van der Waals surface area (Å²) in [6.07, 6.45) is 2.92. The highest BCUT2D eigenvalue weighted by Gasteiger charge is 2.05. The van der Waals surface area contributed by atoms with Gasteiger partial charge in [0.15, 0.2) is 0 Å². The van der Waals surface area contributed by atoms with Crippen LogP contribution in [-0.2, 0) is 5.88 Å². The molecule has 1 heterocycles. The third-order valence-corrected chi connectivity index (χ3v) is 2.22. The molecule has 13 heavy (non-hydrogen) atoms. The Morgan fingerprint density at radius 1 is 1.54 bits per heavy atom. The third-order valence-electron chi connectivity index (χ3n) is 1.93. The fraction of sp³-hybridized carbons (Fsp3) is 0.500. The average Bonchev–Trinajstić information content (AvgIpc) is 2.18. The van der Waals surface area contributed by atoms with Gasteiger partial charge in [-0.3, -0.25) is 0 Å². The summed E-state index contributed by atoms with van der Waals surface area (Å²) in [6.45, 7) is 3.17. The van der Waals surface area contributed by atoms with E-state index in [1.807, 2.05) is 19.2 Å². The van der Waals surface area contributed by atoms with E-state index < -0.39 is 0 Å². The Morgan fingerprint density at radius 2 is 2.31 bits per heavy atom. The molecule has 0 amide bonds. The van der Waals surface area contributed by atoms with Gasteiger partial charge >= 0.3 is 0 Å². The molecule has 72 valence electrons. The molecule has 0 spiro atoms. The van der Waals surface area contributed by atoms with Crippen LogP contribution < -0.4 is 4.90 Å². The molecule has 0 fully saturated rings. The minimum absolute atomic E-state index is 0.525. The van der Waals surface area contributed by atoms with Crippen LogP contribution in [0.1, 0.15) is 18.9 Å². The summed E-state index contributed by atoms with van der Waals surface area (Å²) >= 11 is 5.81. The van der Waals surface area contributed by atoms with E-state index in [-0.39, 0.29) is 0 Å². The number of alkyl halides is 1. The Hall–Kier alpha value is -0.760. The Bertz CT molecular complexity index is 263. The van der Waals surface area contributed by atoms with Crippen molar-refractivity contribution in [3.05, 3.63) is 23.9 Å². The zero-order valence-electron chi connectivity index (χ0n) is 8.13. The van der Waals surface area contributed by atoms with Crippen molar-refractivity contribution in [2.24, 2.45) is 0 Å². The number of hydrogen-bond acceptors (Lipinski definition) is 2. The zero-order valence-corrected chi connectivity index (χ0v) is 8.88. The highest BCUT2D eigenvalue weighted by Crippen LogP contribution is 2.17. The summed E-state index contributed by atoms with van der Waals surface area (Å²) in [4.78, 5) is 6.45. The van der Waals surface area contributed by atoms with Gasteiger partial charge in [-0.2, -0.15) is 0 Å².